The molecule has 6 nitrogen and oxygen atoms in total. The number of aryl methyl sites for hydroxylation is 2. The second kappa shape index (κ2) is 9.78. The maximum absolute atomic E-state index is 13.2. The Balaban J connectivity index is 0.000000350. The van der Waals surface area contributed by atoms with E-state index in [1.165, 1.54) is 0 Å². The third-order valence-corrected chi connectivity index (χ3v) is 5.68. The summed E-state index contributed by atoms with van der Waals surface area (Å²) in [6.07, 6.45) is 0.814. The largest absolute Gasteiger partial charge is 0.741 e. The minimum atomic E-state index is -6.09. The number of aromatic nitrogens is 1. The highest BCUT2D eigenvalue weighted by Crippen LogP contribution is 2.27. The zero-order valence-electron chi connectivity index (χ0n) is 18.2. The Labute approximate surface area is 194 Å². The fraction of sp³-hybridized carbons (Fsp3) is 0.167. The SMILES string of the molecule is CCc1ccccc1OC(=O)c1c2ccccc2[n+](C)c2ccccc12.O=S(=O)([O-])C(F)(F)F. The van der Waals surface area contributed by atoms with Crippen LogP contribution in [-0.2, 0) is 23.6 Å². The van der Waals surface area contributed by atoms with Gasteiger partial charge in [-0.05, 0) is 30.2 Å². The fourth-order valence-corrected chi connectivity index (χ4v) is 3.50. The quantitative estimate of drug-likeness (QED) is 0.104. The molecule has 0 aliphatic carbocycles. The van der Waals surface area contributed by atoms with E-state index in [9.17, 15) is 18.0 Å². The first-order chi connectivity index (χ1) is 16.0. The molecule has 0 aliphatic heterocycles. The molecule has 10 heteroatoms. The number of nitrogens with zero attached hydrogens (tertiary/aromatic N) is 1. The van der Waals surface area contributed by atoms with E-state index in [-0.39, 0.29) is 5.97 Å². The third kappa shape index (κ3) is 5.18. The van der Waals surface area contributed by atoms with Gasteiger partial charge >= 0.3 is 11.5 Å². The lowest BCUT2D eigenvalue weighted by Gasteiger charge is -2.12. The van der Waals surface area contributed by atoms with Crippen molar-refractivity contribution in [3.8, 4) is 5.75 Å². The number of esters is 1. The minimum absolute atomic E-state index is 0.320. The molecule has 0 saturated carbocycles. The van der Waals surface area contributed by atoms with Gasteiger partial charge < -0.3 is 9.29 Å². The predicted molar refractivity (Wildman–Crippen MR) is 119 cm³/mol. The molecular weight excluding hydrogens is 471 g/mol. The second-order valence-electron chi connectivity index (χ2n) is 7.22. The second-order valence-corrected chi connectivity index (χ2v) is 8.59. The van der Waals surface area contributed by atoms with Crippen molar-refractivity contribution >= 4 is 37.9 Å². The van der Waals surface area contributed by atoms with Crippen molar-refractivity contribution in [2.24, 2.45) is 7.05 Å². The molecule has 1 heterocycles. The van der Waals surface area contributed by atoms with E-state index in [4.69, 9.17) is 17.7 Å². The zero-order valence-corrected chi connectivity index (χ0v) is 19.0. The van der Waals surface area contributed by atoms with E-state index in [2.05, 4.69) is 11.5 Å². The van der Waals surface area contributed by atoms with E-state index < -0.39 is 15.6 Å². The van der Waals surface area contributed by atoms with Crippen LogP contribution in [0.5, 0.6) is 5.75 Å². The standard InChI is InChI=1S/C23H20NO2.CHF3O3S/c1-3-16-10-4-9-15-21(16)26-23(25)22-17-11-5-7-13-19(17)24(2)20-14-8-6-12-18(20)22;2-1(3,4)8(5,6)7/h4-15H,3H2,1-2H3;(H,5,6,7)/q+1;/p-1. The fourth-order valence-electron chi connectivity index (χ4n) is 3.50. The van der Waals surface area contributed by atoms with Gasteiger partial charge in [-0.25, -0.2) is 13.2 Å². The average Bonchev–Trinajstić information content (AvgIpc) is 2.79. The molecule has 0 fully saturated rings. The highest BCUT2D eigenvalue weighted by molar-refractivity contribution is 7.86. The Hall–Kier alpha value is -3.50. The molecule has 0 spiro atoms. The van der Waals surface area contributed by atoms with Gasteiger partial charge in [0.25, 0.3) is 0 Å². The van der Waals surface area contributed by atoms with Crippen molar-refractivity contribution in [1.29, 1.82) is 0 Å². The van der Waals surface area contributed by atoms with Crippen LogP contribution in [0.15, 0.2) is 72.8 Å². The number of halogens is 3. The topological polar surface area (TPSA) is 87.4 Å². The zero-order chi connectivity index (χ0) is 25.1. The molecule has 0 N–H and O–H groups in total. The molecule has 0 bridgehead atoms. The molecule has 0 unspecified atom stereocenters. The van der Waals surface area contributed by atoms with Crippen LogP contribution >= 0.6 is 0 Å². The van der Waals surface area contributed by atoms with Gasteiger partial charge in [0.15, 0.2) is 10.1 Å². The Bertz CT molecular complexity index is 1410. The Morgan fingerprint density at radius 2 is 1.35 bits per heavy atom. The van der Waals surface area contributed by atoms with E-state index >= 15 is 0 Å². The van der Waals surface area contributed by atoms with Gasteiger partial charge in [-0.2, -0.15) is 17.7 Å². The smallest absolute Gasteiger partial charge is 0.485 e. The van der Waals surface area contributed by atoms with Gasteiger partial charge in [0.2, 0.25) is 11.0 Å². The molecule has 0 amide bonds. The summed E-state index contributed by atoms with van der Waals surface area (Å²) in [5.74, 6) is 0.306. The van der Waals surface area contributed by atoms with E-state index in [0.717, 1.165) is 33.8 Å². The van der Waals surface area contributed by atoms with Crippen molar-refractivity contribution in [2.75, 3.05) is 0 Å². The molecule has 4 aromatic rings. The van der Waals surface area contributed by atoms with Gasteiger partial charge in [0.05, 0.1) is 16.3 Å². The first-order valence-electron chi connectivity index (χ1n) is 10.1. The average molecular weight is 491 g/mol. The lowest BCUT2D eigenvalue weighted by atomic mass is 10.0. The third-order valence-electron chi connectivity index (χ3n) is 5.11. The lowest BCUT2D eigenvalue weighted by Crippen LogP contribution is -2.31. The predicted octanol–water partition coefficient (Wildman–Crippen LogP) is 4.65. The first kappa shape index (κ1) is 25.1. The van der Waals surface area contributed by atoms with Crippen LogP contribution < -0.4 is 9.30 Å². The molecule has 4 rings (SSSR count). The van der Waals surface area contributed by atoms with Crippen LogP contribution in [0.1, 0.15) is 22.8 Å². The van der Waals surface area contributed by atoms with Crippen molar-refractivity contribution < 1.29 is 40.2 Å². The molecule has 0 saturated heterocycles. The van der Waals surface area contributed by atoms with Crippen molar-refractivity contribution in [1.82, 2.24) is 0 Å². The number of pyridine rings is 1. The number of benzene rings is 3. The van der Waals surface area contributed by atoms with Crippen molar-refractivity contribution in [2.45, 2.75) is 18.9 Å². The number of hydrogen-bond donors (Lipinski definition) is 0. The first-order valence-corrected chi connectivity index (χ1v) is 11.5. The summed E-state index contributed by atoms with van der Waals surface area (Å²) in [5, 5.41) is 1.79. The molecular formula is C24H20F3NO5S. The number of para-hydroxylation sites is 3. The van der Waals surface area contributed by atoms with Gasteiger partial charge in [0.1, 0.15) is 12.8 Å². The normalized spacial score (nSPS) is 11.7. The highest BCUT2D eigenvalue weighted by atomic mass is 32.2. The molecule has 0 radical (unpaired) electrons. The summed E-state index contributed by atoms with van der Waals surface area (Å²) in [4.78, 5) is 13.2. The summed E-state index contributed by atoms with van der Waals surface area (Å²) in [7, 11) is -4.07. The summed E-state index contributed by atoms with van der Waals surface area (Å²) < 4.78 is 66.8. The summed E-state index contributed by atoms with van der Waals surface area (Å²) in [6.45, 7) is 2.06. The molecule has 1 aromatic heterocycles. The summed E-state index contributed by atoms with van der Waals surface area (Å²) in [5.41, 5.74) is -2.01. The molecule has 0 atom stereocenters. The number of alkyl halides is 3. The number of carbonyl (C=O) groups is 1. The minimum Gasteiger partial charge on any atom is -0.741 e. The van der Waals surface area contributed by atoms with Crippen LogP contribution in [0, 0.1) is 0 Å². The lowest BCUT2D eigenvalue weighted by molar-refractivity contribution is -0.617. The van der Waals surface area contributed by atoms with Crippen LogP contribution in [-0.4, -0.2) is 24.4 Å². The summed E-state index contributed by atoms with van der Waals surface area (Å²) >= 11 is 0. The number of rotatable bonds is 3. The Morgan fingerprint density at radius 3 is 1.82 bits per heavy atom. The number of ether oxygens (including phenoxy) is 1. The van der Waals surface area contributed by atoms with Crippen LogP contribution in [0.4, 0.5) is 13.2 Å². The summed E-state index contributed by atoms with van der Waals surface area (Å²) in [6, 6.07) is 23.6. The molecule has 3 aromatic carbocycles. The molecule has 0 aliphatic rings. The monoisotopic (exact) mass is 491 g/mol. The number of hydrogen-bond acceptors (Lipinski definition) is 5. The van der Waals surface area contributed by atoms with Crippen LogP contribution in [0.3, 0.4) is 0 Å². The van der Waals surface area contributed by atoms with E-state index in [0.29, 0.717) is 11.3 Å². The van der Waals surface area contributed by atoms with Crippen LogP contribution in [0.2, 0.25) is 0 Å². The number of fused-ring (bicyclic) bond motifs is 2. The van der Waals surface area contributed by atoms with E-state index in [1.807, 2.05) is 79.8 Å². The van der Waals surface area contributed by atoms with Gasteiger partial charge in [-0.15, -0.1) is 0 Å². The highest BCUT2D eigenvalue weighted by Gasteiger charge is 2.37. The van der Waals surface area contributed by atoms with Gasteiger partial charge in [-0.1, -0.05) is 49.4 Å². The van der Waals surface area contributed by atoms with E-state index in [1.54, 1.807) is 0 Å². The molecule has 178 valence electrons. The van der Waals surface area contributed by atoms with Gasteiger partial charge in [-0.3, -0.25) is 0 Å². The maximum atomic E-state index is 13.2. The Kier molecular flexibility index (Phi) is 7.23. The number of carbonyl (C=O) groups excluding carboxylic acids is 1. The van der Waals surface area contributed by atoms with Gasteiger partial charge in [0, 0.05) is 12.1 Å². The Morgan fingerprint density at radius 1 is 0.912 bits per heavy atom. The van der Waals surface area contributed by atoms with Crippen molar-refractivity contribution in [3.63, 3.8) is 0 Å². The van der Waals surface area contributed by atoms with Crippen LogP contribution in [0.25, 0.3) is 21.8 Å². The maximum Gasteiger partial charge on any atom is 0.485 e. The molecule has 34 heavy (non-hydrogen) atoms. The van der Waals surface area contributed by atoms with Crippen molar-refractivity contribution in [3.05, 3.63) is 83.9 Å².